The van der Waals surface area contributed by atoms with Crippen molar-refractivity contribution in [2.24, 2.45) is 5.73 Å². The van der Waals surface area contributed by atoms with Crippen molar-refractivity contribution in [1.29, 1.82) is 0 Å². The maximum absolute atomic E-state index is 12.5. The van der Waals surface area contributed by atoms with Gasteiger partial charge in [-0.25, -0.2) is 8.42 Å². The first-order valence-electron chi connectivity index (χ1n) is 7.36. The highest BCUT2D eigenvalue weighted by atomic mass is 32.2. The molecule has 1 aliphatic rings. The smallest absolute Gasteiger partial charge is 0.243 e. The molecule has 1 fully saturated rings. The Balaban J connectivity index is 1.97. The van der Waals surface area contributed by atoms with Crippen LogP contribution in [-0.4, -0.2) is 43.3 Å². The summed E-state index contributed by atoms with van der Waals surface area (Å²) in [4.78, 5) is 12.2. The van der Waals surface area contributed by atoms with Crippen LogP contribution in [0.15, 0.2) is 35.2 Å². The molecule has 0 bridgehead atoms. The fourth-order valence-electron chi connectivity index (χ4n) is 2.35. The minimum atomic E-state index is -3.45. The molecule has 1 aliphatic heterocycles. The van der Waals surface area contributed by atoms with Gasteiger partial charge in [0.05, 0.1) is 10.4 Å². The fourth-order valence-corrected chi connectivity index (χ4v) is 3.84. The van der Waals surface area contributed by atoms with Gasteiger partial charge in [-0.3, -0.25) is 4.79 Å². The number of amides is 1. The van der Waals surface area contributed by atoms with Crippen LogP contribution in [0.1, 0.15) is 26.7 Å². The highest BCUT2D eigenvalue weighted by molar-refractivity contribution is 7.89. The largest absolute Gasteiger partial charge is 0.352 e. The Bertz CT molecular complexity index is 615. The third-order valence-corrected chi connectivity index (χ3v) is 5.67. The highest BCUT2D eigenvalue weighted by Gasteiger charge is 2.31. The van der Waals surface area contributed by atoms with Gasteiger partial charge in [0.25, 0.3) is 0 Å². The van der Waals surface area contributed by atoms with Gasteiger partial charge in [0.1, 0.15) is 0 Å². The molecule has 2 rings (SSSR count). The molecule has 0 aromatic heterocycles. The van der Waals surface area contributed by atoms with E-state index in [-0.39, 0.29) is 11.9 Å². The van der Waals surface area contributed by atoms with E-state index in [1.54, 1.807) is 44.2 Å². The molecule has 3 N–H and O–H groups in total. The molecule has 1 saturated heterocycles. The first kappa shape index (κ1) is 16.9. The second kappa shape index (κ2) is 6.36. The summed E-state index contributed by atoms with van der Waals surface area (Å²) in [6.07, 6.45) is 1.18. The van der Waals surface area contributed by atoms with Crippen LogP contribution in [0.2, 0.25) is 0 Å². The molecular weight excluding hydrogens is 302 g/mol. The van der Waals surface area contributed by atoms with E-state index in [9.17, 15) is 13.2 Å². The number of hydrogen-bond donors (Lipinski definition) is 2. The summed E-state index contributed by atoms with van der Waals surface area (Å²) in [7, 11) is -3.45. The van der Waals surface area contributed by atoms with E-state index in [1.165, 1.54) is 4.31 Å². The number of rotatable bonds is 4. The number of carbonyl (C=O) groups is 1. The number of nitrogens with zero attached hydrogens (tertiary/aromatic N) is 1. The second-order valence-electron chi connectivity index (χ2n) is 6.19. The minimum Gasteiger partial charge on any atom is -0.352 e. The summed E-state index contributed by atoms with van der Waals surface area (Å²) in [5.41, 5.74) is 4.83. The Kier molecular flexibility index (Phi) is 4.89. The van der Waals surface area contributed by atoms with Gasteiger partial charge in [-0.15, -0.1) is 0 Å². The molecule has 1 heterocycles. The lowest BCUT2D eigenvalue weighted by Gasteiger charge is -2.33. The first-order valence-corrected chi connectivity index (χ1v) is 8.80. The van der Waals surface area contributed by atoms with Crippen LogP contribution in [0.25, 0.3) is 0 Å². The molecule has 0 unspecified atom stereocenters. The van der Waals surface area contributed by atoms with E-state index < -0.39 is 15.6 Å². The van der Waals surface area contributed by atoms with Gasteiger partial charge >= 0.3 is 0 Å². The normalized spacial score (nSPS) is 18.1. The predicted molar refractivity (Wildman–Crippen MR) is 84.6 cm³/mol. The van der Waals surface area contributed by atoms with E-state index in [4.69, 9.17) is 5.73 Å². The van der Waals surface area contributed by atoms with Gasteiger partial charge in [-0.2, -0.15) is 4.31 Å². The van der Waals surface area contributed by atoms with Crippen molar-refractivity contribution in [1.82, 2.24) is 9.62 Å². The summed E-state index contributed by atoms with van der Waals surface area (Å²) in [6.45, 7) is 4.09. The van der Waals surface area contributed by atoms with Crippen molar-refractivity contribution in [2.45, 2.75) is 43.2 Å². The third kappa shape index (κ3) is 3.85. The van der Waals surface area contributed by atoms with E-state index in [0.29, 0.717) is 30.8 Å². The quantitative estimate of drug-likeness (QED) is 0.852. The first-order chi connectivity index (χ1) is 10.2. The zero-order valence-electron chi connectivity index (χ0n) is 13.0. The van der Waals surface area contributed by atoms with E-state index >= 15 is 0 Å². The van der Waals surface area contributed by atoms with Crippen molar-refractivity contribution < 1.29 is 13.2 Å². The lowest BCUT2D eigenvalue weighted by Crippen LogP contribution is -2.54. The molecular formula is C15H23N3O3S. The monoisotopic (exact) mass is 325 g/mol. The Morgan fingerprint density at radius 3 is 2.27 bits per heavy atom. The zero-order chi connectivity index (χ0) is 16.4. The van der Waals surface area contributed by atoms with Crippen LogP contribution < -0.4 is 11.1 Å². The van der Waals surface area contributed by atoms with E-state index in [0.717, 1.165) is 0 Å². The lowest BCUT2D eigenvalue weighted by molar-refractivity contribution is -0.126. The SMILES string of the molecule is CC(C)(N)C(=O)NC1CCN(S(=O)(=O)c2ccccc2)CC1. The molecule has 1 amide bonds. The molecule has 0 saturated carbocycles. The van der Waals surface area contributed by atoms with Gasteiger partial charge in [-0.1, -0.05) is 18.2 Å². The van der Waals surface area contributed by atoms with Crippen molar-refractivity contribution in [3.63, 3.8) is 0 Å². The fraction of sp³-hybridized carbons (Fsp3) is 0.533. The van der Waals surface area contributed by atoms with Crippen LogP contribution in [-0.2, 0) is 14.8 Å². The lowest BCUT2D eigenvalue weighted by atomic mass is 10.0. The molecule has 1 aromatic rings. The number of carbonyl (C=O) groups excluding carboxylic acids is 1. The Morgan fingerprint density at radius 1 is 1.23 bits per heavy atom. The standard InChI is InChI=1S/C15H23N3O3S/c1-15(2,16)14(19)17-12-8-10-18(11-9-12)22(20,21)13-6-4-3-5-7-13/h3-7,12H,8-11,16H2,1-2H3,(H,17,19). The zero-order valence-corrected chi connectivity index (χ0v) is 13.8. The summed E-state index contributed by atoms with van der Waals surface area (Å²) in [6, 6.07) is 8.37. The number of nitrogens with one attached hydrogen (secondary N) is 1. The molecule has 1 aromatic carbocycles. The molecule has 22 heavy (non-hydrogen) atoms. The van der Waals surface area contributed by atoms with Crippen LogP contribution in [0.5, 0.6) is 0 Å². The number of sulfonamides is 1. The summed E-state index contributed by atoms with van der Waals surface area (Å²) in [5, 5.41) is 2.89. The van der Waals surface area contributed by atoms with Gasteiger partial charge in [0.15, 0.2) is 0 Å². The minimum absolute atomic E-state index is 0.0300. The Hall–Kier alpha value is -1.44. The van der Waals surface area contributed by atoms with Gasteiger partial charge in [0.2, 0.25) is 15.9 Å². The summed E-state index contributed by atoms with van der Waals surface area (Å²) < 4.78 is 26.5. The van der Waals surface area contributed by atoms with Gasteiger partial charge < -0.3 is 11.1 Å². The van der Waals surface area contributed by atoms with Crippen molar-refractivity contribution >= 4 is 15.9 Å². The van der Waals surface area contributed by atoms with Gasteiger partial charge in [0, 0.05) is 19.1 Å². The number of hydrogen-bond acceptors (Lipinski definition) is 4. The number of nitrogens with two attached hydrogens (primary N) is 1. The maximum atomic E-state index is 12.5. The average Bonchev–Trinajstić information content (AvgIpc) is 2.48. The molecule has 0 spiro atoms. The second-order valence-corrected chi connectivity index (χ2v) is 8.12. The van der Waals surface area contributed by atoms with Crippen molar-refractivity contribution in [3.8, 4) is 0 Å². The molecule has 122 valence electrons. The van der Waals surface area contributed by atoms with Crippen molar-refractivity contribution in [3.05, 3.63) is 30.3 Å². The number of benzene rings is 1. The summed E-state index contributed by atoms with van der Waals surface area (Å²) >= 11 is 0. The average molecular weight is 325 g/mol. The Labute approximate surface area is 131 Å². The molecule has 0 aliphatic carbocycles. The molecule has 6 nitrogen and oxygen atoms in total. The molecule has 7 heteroatoms. The van der Waals surface area contributed by atoms with Crippen LogP contribution in [0.4, 0.5) is 0 Å². The van der Waals surface area contributed by atoms with Crippen LogP contribution >= 0.6 is 0 Å². The van der Waals surface area contributed by atoms with Crippen LogP contribution in [0, 0.1) is 0 Å². The van der Waals surface area contributed by atoms with Crippen molar-refractivity contribution in [2.75, 3.05) is 13.1 Å². The van der Waals surface area contributed by atoms with E-state index in [2.05, 4.69) is 5.32 Å². The molecule has 0 radical (unpaired) electrons. The Morgan fingerprint density at radius 2 is 1.77 bits per heavy atom. The predicted octanol–water partition coefficient (Wildman–Crippen LogP) is 0.693. The molecule has 0 atom stereocenters. The number of piperidine rings is 1. The highest BCUT2D eigenvalue weighted by Crippen LogP contribution is 2.20. The van der Waals surface area contributed by atoms with Gasteiger partial charge in [-0.05, 0) is 38.8 Å². The summed E-state index contributed by atoms with van der Waals surface area (Å²) in [5.74, 6) is -0.211. The third-order valence-electron chi connectivity index (χ3n) is 3.76. The van der Waals surface area contributed by atoms with E-state index in [1.807, 2.05) is 0 Å². The van der Waals surface area contributed by atoms with Crippen LogP contribution in [0.3, 0.4) is 0 Å². The maximum Gasteiger partial charge on any atom is 0.243 e. The topological polar surface area (TPSA) is 92.5 Å².